The monoisotopic (exact) mass is 307 g/mol. The van der Waals surface area contributed by atoms with Gasteiger partial charge < -0.3 is 10.0 Å². The molecule has 0 bridgehead atoms. The summed E-state index contributed by atoms with van der Waals surface area (Å²) < 4.78 is 1.49. The first-order chi connectivity index (χ1) is 9.95. The Labute approximate surface area is 126 Å². The lowest BCUT2D eigenvalue weighted by atomic mass is 10.2. The predicted octanol–water partition coefficient (Wildman–Crippen LogP) is 1.80. The molecule has 1 aromatic heterocycles. The molecule has 1 N–H and O–H groups in total. The number of carboxylic acid groups (broad SMARTS) is 1. The van der Waals surface area contributed by atoms with Crippen molar-refractivity contribution in [3.63, 3.8) is 0 Å². The van der Waals surface area contributed by atoms with Crippen LogP contribution in [0.1, 0.15) is 15.9 Å². The van der Waals surface area contributed by atoms with E-state index in [0.29, 0.717) is 10.6 Å². The lowest BCUT2D eigenvalue weighted by Crippen LogP contribution is -2.35. The summed E-state index contributed by atoms with van der Waals surface area (Å²) in [5.41, 5.74) is 1.16. The van der Waals surface area contributed by atoms with Crippen LogP contribution in [-0.2, 0) is 18.4 Å². The lowest BCUT2D eigenvalue weighted by molar-refractivity contribution is -0.137. The SMILES string of the molecule is Cn1cc(C(=O)N(CC(=O)O)Cc2ccc(Cl)cc2)cn1. The minimum Gasteiger partial charge on any atom is -0.480 e. The van der Waals surface area contributed by atoms with Crippen LogP contribution in [-0.4, -0.2) is 38.2 Å². The van der Waals surface area contributed by atoms with Gasteiger partial charge in [0.1, 0.15) is 6.54 Å². The molecule has 7 heteroatoms. The van der Waals surface area contributed by atoms with Crippen LogP contribution in [0.5, 0.6) is 0 Å². The Kier molecular flexibility index (Phi) is 4.59. The van der Waals surface area contributed by atoms with Crippen LogP contribution in [0.15, 0.2) is 36.7 Å². The number of hydrogen-bond acceptors (Lipinski definition) is 3. The number of aryl methyl sites for hydroxylation is 1. The molecule has 0 unspecified atom stereocenters. The van der Waals surface area contributed by atoms with Crippen molar-refractivity contribution in [1.29, 1.82) is 0 Å². The molecule has 0 aliphatic rings. The number of benzene rings is 1. The van der Waals surface area contributed by atoms with Crippen molar-refractivity contribution in [1.82, 2.24) is 14.7 Å². The fraction of sp³-hybridized carbons (Fsp3) is 0.214. The first kappa shape index (κ1) is 15.1. The lowest BCUT2D eigenvalue weighted by Gasteiger charge is -2.20. The molecule has 1 aromatic carbocycles. The first-order valence-corrected chi connectivity index (χ1v) is 6.57. The summed E-state index contributed by atoms with van der Waals surface area (Å²) in [6, 6.07) is 6.91. The van der Waals surface area contributed by atoms with Gasteiger partial charge in [-0.15, -0.1) is 0 Å². The highest BCUT2D eigenvalue weighted by atomic mass is 35.5. The van der Waals surface area contributed by atoms with Gasteiger partial charge in [-0.3, -0.25) is 14.3 Å². The highest BCUT2D eigenvalue weighted by Gasteiger charge is 2.20. The standard InChI is InChI=1S/C14H14ClN3O3/c1-17-8-11(6-16-17)14(21)18(9-13(19)20)7-10-2-4-12(15)5-3-10/h2-6,8H,7,9H2,1H3,(H,19,20). The van der Waals surface area contributed by atoms with Gasteiger partial charge in [0.05, 0.1) is 11.8 Å². The number of carbonyl (C=O) groups is 2. The molecular weight excluding hydrogens is 294 g/mol. The fourth-order valence-corrected chi connectivity index (χ4v) is 2.01. The second kappa shape index (κ2) is 6.41. The summed E-state index contributed by atoms with van der Waals surface area (Å²) in [7, 11) is 1.69. The summed E-state index contributed by atoms with van der Waals surface area (Å²) in [6.45, 7) is -0.187. The molecule has 0 saturated heterocycles. The molecule has 0 aliphatic heterocycles. The third-order valence-corrected chi connectivity index (χ3v) is 3.10. The summed E-state index contributed by atoms with van der Waals surface area (Å²) in [6.07, 6.45) is 2.97. The Morgan fingerprint density at radius 2 is 2.00 bits per heavy atom. The number of nitrogens with zero attached hydrogens (tertiary/aromatic N) is 3. The molecule has 0 radical (unpaired) electrons. The van der Waals surface area contributed by atoms with Crippen molar-refractivity contribution in [3.05, 3.63) is 52.8 Å². The average molecular weight is 308 g/mol. The second-order valence-corrected chi connectivity index (χ2v) is 5.02. The van der Waals surface area contributed by atoms with Gasteiger partial charge in [-0.25, -0.2) is 0 Å². The van der Waals surface area contributed by atoms with Gasteiger partial charge in [0.2, 0.25) is 0 Å². The van der Waals surface area contributed by atoms with Crippen LogP contribution < -0.4 is 0 Å². The third kappa shape index (κ3) is 4.06. The van der Waals surface area contributed by atoms with Crippen LogP contribution in [0.2, 0.25) is 5.02 Å². The van der Waals surface area contributed by atoms with E-state index in [9.17, 15) is 9.59 Å². The number of aromatic nitrogens is 2. The molecule has 1 heterocycles. The Morgan fingerprint density at radius 1 is 1.33 bits per heavy atom. The molecule has 21 heavy (non-hydrogen) atoms. The molecular formula is C14H14ClN3O3. The van der Waals surface area contributed by atoms with E-state index in [1.54, 1.807) is 37.5 Å². The van der Waals surface area contributed by atoms with Gasteiger partial charge in [-0.2, -0.15) is 5.10 Å². The topological polar surface area (TPSA) is 75.4 Å². The van der Waals surface area contributed by atoms with Crippen molar-refractivity contribution in [2.24, 2.45) is 7.05 Å². The van der Waals surface area contributed by atoms with E-state index in [1.807, 2.05) is 0 Å². The van der Waals surface area contributed by atoms with E-state index in [1.165, 1.54) is 15.8 Å². The van der Waals surface area contributed by atoms with Gasteiger partial charge in [-0.05, 0) is 17.7 Å². The van der Waals surface area contributed by atoms with Crippen molar-refractivity contribution in [2.75, 3.05) is 6.54 Å². The molecule has 0 spiro atoms. The van der Waals surface area contributed by atoms with Crippen LogP contribution in [0.4, 0.5) is 0 Å². The van der Waals surface area contributed by atoms with Crippen LogP contribution >= 0.6 is 11.6 Å². The van der Waals surface area contributed by atoms with E-state index >= 15 is 0 Å². The van der Waals surface area contributed by atoms with E-state index in [4.69, 9.17) is 16.7 Å². The number of aliphatic carboxylic acids is 1. The molecule has 2 rings (SSSR count). The number of rotatable bonds is 5. The molecule has 0 atom stereocenters. The fourth-order valence-electron chi connectivity index (χ4n) is 1.89. The van der Waals surface area contributed by atoms with E-state index < -0.39 is 5.97 Å². The largest absolute Gasteiger partial charge is 0.480 e. The van der Waals surface area contributed by atoms with E-state index in [0.717, 1.165) is 5.56 Å². The smallest absolute Gasteiger partial charge is 0.323 e. The van der Waals surface area contributed by atoms with Gasteiger partial charge in [0.15, 0.2) is 0 Å². The summed E-state index contributed by atoms with van der Waals surface area (Å²) in [5, 5.41) is 13.5. The van der Waals surface area contributed by atoms with E-state index in [-0.39, 0.29) is 19.0 Å². The molecule has 0 aliphatic carbocycles. The zero-order valence-corrected chi connectivity index (χ0v) is 12.1. The van der Waals surface area contributed by atoms with Crippen molar-refractivity contribution >= 4 is 23.5 Å². The van der Waals surface area contributed by atoms with Gasteiger partial charge in [0.25, 0.3) is 5.91 Å². The first-order valence-electron chi connectivity index (χ1n) is 6.20. The Morgan fingerprint density at radius 3 is 2.52 bits per heavy atom. The van der Waals surface area contributed by atoms with Crippen LogP contribution in [0.25, 0.3) is 0 Å². The molecule has 1 amide bonds. The minimum absolute atomic E-state index is 0.192. The average Bonchev–Trinajstić information content (AvgIpc) is 2.86. The maximum atomic E-state index is 12.3. The molecule has 0 fully saturated rings. The molecule has 2 aromatic rings. The Hall–Kier alpha value is -2.34. The zero-order chi connectivity index (χ0) is 15.4. The van der Waals surface area contributed by atoms with Gasteiger partial charge >= 0.3 is 5.97 Å². The summed E-state index contributed by atoms with van der Waals surface area (Å²) >= 11 is 5.81. The molecule has 6 nitrogen and oxygen atoms in total. The Balaban J connectivity index is 2.19. The normalized spacial score (nSPS) is 10.4. The predicted molar refractivity (Wildman–Crippen MR) is 77.0 cm³/mol. The number of hydrogen-bond donors (Lipinski definition) is 1. The van der Waals surface area contributed by atoms with Crippen LogP contribution in [0, 0.1) is 0 Å². The van der Waals surface area contributed by atoms with Crippen molar-refractivity contribution in [2.45, 2.75) is 6.54 Å². The second-order valence-electron chi connectivity index (χ2n) is 4.58. The third-order valence-electron chi connectivity index (χ3n) is 2.85. The minimum atomic E-state index is -1.07. The van der Waals surface area contributed by atoms with Crippen LogP contribution in [0.3, 0.4) is 0 Å². The number of carbonyl (C=O) groups excluding carboxylic acids is 1. The van der Waals surface area contributed by atoms with Crippen molar-refractivity contribution in [3.8, 4) is 0 Å². The van der Waals surface area contributed by atoms with Gasteiger partial charge in [-0.1, -0.05) is 23.7 Å². The van der Waals surface area contributed by atoms with Gasteiger partial charge in [0, 0.05) is 24.8 Å². The quantitative estimate of drug-likeness (QED) is 0.914. The Bertz CT molecular complexity index is 652. The maximum Gasteiger partial charge on any atom is 0.323 e. The zero-order valence-electron chi connectivity index (χ0n) is 11.4. The molecule has 110 valence electrons. The summed E-state index contributed by atoms with van der Waals surface area (Å²) in [5.74, 6) is -1.44. The number of halogens is 1. The number of amides is 1. The highest BCUT2D eigenvalue weighted by molar-refractivity contribution is 6.30. The molecule has 0 saturated carbocycles. The highest BCUT2D eigenvalue weighted by Crippen LogP contribution is 2.13. The number of carboxylic acids is 1. The summed E-state index contributed by atoms with van der Waals surface area (Å²) in [4.78, 5) is 24.6. The van der Waals surface area contributed by atoms with E-state index in [2.05, 4.69) is 5.10 Å². The van der Waals surface area contributed by atoms with Crippen molar-refractivity contribution < 1.29 is 14.7 Å². The maximum absolute atomic E-state index is 12.3.